The molecule has 6 nitrogen and oxygen atoms in total. The number of sulfonamides is 1. The van der Waals surface area contributed by atoms with E-state index in [1.807, 2.05) is 6.92 Å². The van der Waals surface area contributed by atoms with Gasteiger partial charge in [-0.2, -0.15) is 0 Å². The van der Waals surface area contributed by atoms with E-state index < -0.39 is 21.2 Å². The fourth-order valence-corrected chi connectivity index (χ4v) is 3.67. The first-order chi connectivity index (χ1) is 8.30. The zero-order valence-corrected chi connectivity index (χ0v) is 11.9. The van der Waals surface area contributed by atoms with Gasteiger partial charge in [0.05, 0.1) is 7.11 Å². The van der Waals surface area contributed by atoms with E-state index in [4.69, 9.17) is 5.73 Å². The molecule has 0 aromatic rings. The van der Waals surface area contributed by atoms with E-state index in [-0.39, 0.29) is 6.04 Å². The molecule has 2 unspecified atom stereocenters. The van der Waals surface area contributed by atoms with Gasteiger partial charge in [-0.05, 0) is 32.6 Å². The summed E-state index contributed by atoms with van der Waals surface area (Å²) in [7, 11) is -2.41. The second kappa shape index (κ2) is 5.99. The Morgan fingerprint density at radius 3 is 2.22 bits per heavy atom. The third-order valence-corrected chi connectivity index (χ3v) is 5.75. The molecule has 0 radical (unpaired) electrons. The van der Waals surface area contributed by atoms with Crippen LogP contribution in [-0.4, -0.2) is 50.2 Å². The number of esters is 1. The minimum atomic E-state index is -3.60. The molecule has 0 aromatic heterocycles. The molecule has 1 aliphatic rings. The molecule has 0 amide bonds. The predicted molar refractivity (Wildman–Crippen MR) is 68.3 cm³/mol. The molecule has 1 rings (SSSR count). The van der Waals surface area contributed by atoms with Gasteiger partial charge in [-0.1, -0.05) is 0 Å². The molecule has 0 aromatic carbocycles. The summed E-state index contributed by atoms with van der Waals surface area (Å²) in [6.45, 7) is 4.15. The highest BCUT2D eigenvalue weighted by Gasteiger charge is 2.37. The van der Waals surface area contributed by atoms with E-state index in [0.29, 0.717) is 19.0 Å². The molecule has 2 N–H and O–H groups in total. The molecule has 2 atom stereocenters. The number of nitrogens with two attached hydrogens (primary N) is 1. The lowest BCUT2D eigenvalue weighted by atomic mass is 9.92. The van der Waals surface area contributed by atoms with Crippen LogP contribution in [0.5, 0.6) is 0 Å². The average Bonchev–Trinajstić information content (AvgIpc) is 2.36. The van der Waals surface area contributed by atoms with Gasteiger partial charge in [-0.15, -0.1) is 0 Å². The van der Waals surface area contributed by atoms with Gasteiger partial charge in [-0.25, -0.2) is 12.7 Å². The number of rotatable bonds is 4. The van der Waals surface area contributed by atoms with E-state index in [9.17, 15) is 13.2 Å². The molecule has 18 heavy (non-hydrogen) atoms. The van der Waals surface area contributed by atoms with Gasteiger partial charge in [0, 0.05) is 19.1 Å². The molecule has 1 fully saturated rings. The van der Waals surface area contributed by atoms with E-state index in [1.165, 1.54) is 18.3 Å². The molecular weight excluding hydrogens is 256 g/mol. The fraction of sp³-hybridized carbons (Fsp3) is 0.909. The van der Waals surface area contributed by atoms with E-state index in [1.54, 1.807) is 0 Å². The van der Waals surface area contributed by atoms with Crippen molar-refractivity contribution in [1.82, 2.24) is 4.31 Å². The summed E-state index contributed by atoms with van der Waals surface area (Å²) in [4.78, 5) is 11.3. The SMILES string of the molecule is COC(=O)C(C)S(=O)(=O)N1CCC(C(C)N)CC1. The Morgan fingerprint density at radius 1 is 1.33 bits per heavy atom. The zero-order chi connectivity index (χ0) is 13.9. The Morgan fingerprint density at radius 2 is 1.83 bits per heavy atom. The zero-order valence-electron chi connectivity index (χ0n) is 11.1. The van der Waals surface area contributed by atoms with Crippen molar-refractivity contribution in [3.05, 3.63) is 0 Å². The first-order valence-corrected chi connectivity index (χ1v) is 7.63. The highest BCUT2D eigenvalue weighted by atomic mass is 32.2. The number of ether oxygens (including phenoxy) is 1. The Kier molecular flexibility index (Phi) is 5.12. The van der Waals surface area contributed by atoms with Crippen molar-refractivity contribution in [3.63, 3.8) is 0 Å². The minimum absolute atomic E-state index is 0.0767. The van der Waals surface area contributed by atoms with Crippen LogP contribution in [-0.2, 0) is 19.6 Å². The van der Waals surface area contributed by atoms with E-state index >= 15 is 0 Å². The average molecular weight is 278 g/mol. The second-order valence-corrected chi connectivity index (χ2v) is 7.06. The molecular formula is C11H22N2O4S. The molecule has 0 spiro atoms. The maximum Gasteiger partial charge on any atom is 0.325 e. The Labute approximate surface area is 109 Å². The van der Waals surface area contributed by atoms with Crippen molar-refractivity contribution in [2.24, 2.45) is 11.7 Å². The van der Waals surface area contributed by atoms with Crippen molar-refractivity contribution >= 4 is 16.0 Å². The van der Waals surface area contributed by atoms with Crippen LogP contribution in [0, 0.1) is 5.92 Å². The first-order valence-electron chi connectivity index (χ1n) is 6.13. The monoisotopic (exact) mass is 278 g/mol. The topological polar surface area (TPSA) is 89.7 Å². The van der Waals surface area contributed by atoms with Crippen LogP contribution in [0.4, 0.5) is 0 Å². The van der Waals surface area contributed by atoms with E-state index in [0.717, 1.165) is 12.8 Å². The molecule has 0 bridgehead atoms. The molecule has 1 saturated heterocycles. The third-order valence-electron chi connectivity index (χ3n) is 3.58. The number of hydrogen-bond donors (Lipinski definition) is 1. The number of piperidine rings is 1. The van der Waals surface area contributed by atoms with Crippen molar-refractivity contribution < 1.29 is 17.9 Å². The maximum absolute atomic E-state index is 12.2. The minimum Gasteiger partial charge on any atom is -0.468 e. The summed E-state index contributed by atoms with van der Waals surface area (Å²) >= 11 is 0. The highest BCUT2D eigenvalue weighted by molar-refractivity contribution is 7.90. The van der Waals surface area contributed by atoms with Crippen LogP contribution in [0.1, 0.15) is 26.7 Å². The number of carbonyl (C=O) groups is 1. The van der Waals surface area contributed by atoms with Gasteiger partial charge in [-0.3, -0.25) is 4.79 Å². The van der Waals surface area contributed by atoms with E-state index in [2.05, 4.69) is 4.74 Å². The van der Waals surface area contributed by atoms with Crippen LogP contribution in [0.3, 0.4) is 0 Å². The normalized spacial score (nSPS) is 22.4. The molecule has 1 aliphatic heterocycles. The Balaban J connectivity index is 2.69. The first kappa shape index (κ1) is 15.4. The van der Waals surface area contributed by atoms with Crippen LogP contribution in [0.15, 0.2) is 0 Å². The highest BCUT2D eigenvalue weighted by Crippen LogP contribution is 2.23. The summed E-state index contributed by atoms with van der Waals surface area (Å²) in [5, 5.41) is -1.14. The second-order valence-electron chi connectivity index (χ2n) is 4.81. The van der Waals surface area contributed by atoms with Gasteiger partial charge in [0.2, 0.25) is 10.0 Å². The number of carbonyl (C=O) groups excluding carboxylic acids is 1. The van der Waals surface area contributed by atoms with Gasteiger partial charge >= 0.3 is 5.97 Å². The van der Waals surface area contributed by atoms with Gasteiger partial charge < -0.3 is 10.5 Å². The third kappa shape index (κ3) is 3.21. The Hall–Kier alpha value is -0.660. The van der Waals surface area contributed by atoms with Gasteiger partial charge in [0.25, 0.3) is 0 Å². The lowest BCUT2D eigenvalue weighted by Crippen LogP contribution is -2.47. The predicted octanol–water partition coefficient (Wildman–Crippen LogP) is -0.0631. The quantitative estimate of drug-likeness (QED) is 0.727. The van der Waals surface area contributed by atoms with Gasteiger partial charge in [0.15, 0.2) is 5.25 Å². The number of nitrogens with zero attached hydrogens (tertiary/aromatic N) is 1. The van der Waals surface area contributed by atoms with Crippen LogP contribution < -0.4 is 5.73 Å². The fourth-order valence-electron chi connectivity index (χ4n) is 2.17. The van der Waals surface area contributed by atoms with Crippen molar-refractivity contribution in [2.45, 2.75) is 38.0 Å². The molecule has 0 saturated carbocycles. The molecule has 0 aliphatic carbocycles. The standard InChI is InChI=1S/C11H22N2O4S/c1-8(12)10-4-6-13(7-5-10)18(15,16)9(2)11(14)17-3/h8-10H,4-7,12H2,1-3H3. The van der Waals surface area contributed by atoms with Crippen LogP contribution >= 0.6 is 0 Å². The van der Waals surface area contributed by atoms with Crippen molar-refractivity contribution in [3.8, 4) is 0 Å². The number of methoxy groups -OCH3 is 1. The van der Waals surface area contributed by atoms with Crippen LogP contribution in [0.25, 0.3) is 0 Å². The summed E-state index contributed by atoms with van der Waals surface area (Å²) in [6.07, 6.45) is 1.48. The molecule has 1 heterocycles. The summed E-state index contributed by atoms with van der Waals surface area (Å²) < 4.78 is 30.2. The maximum atomic E-state index is 12.2. The van der Waals surface area contributed by atoms with Crippen molar-refractivity contribution in [2.75, 3.05) is 20.2 Å². The summed E-state index contributed by atoms with van der Waals surface area (Å²) in [5.74, 6) is -0.366. The lowest BCUT2D eigenvalue weighted by Gasteiger charge is -2.33. The largest absolute Gasteiger partial charge is 0.468 e. The summed E-state index contributed by atoms with van der Waals surface area (Å²) in [6, 6.07) is 0.0767. The molecule has 7 heteroatoms. The van der Waals surface area contributed by atoms with Crippen molar-refractivity contribution in [1.29, 1.82) is 0 Å². The lowest BCUT2D eigenvalue weighted by molar-refractivity contribution is -0.139. The number of hydrogen-bond acceptors (Lipinski definition) is 5. The van der Waals surface area contributed by atoms with Crippen LogP contribution in [0.2, 0.25) is 0 Å². The van der Waals surface area contributed by atoms with Gasteiger partial charge in [0.1, 0.15) is 0 Å². The Bertz CT molecular complexity index is 386. The molecule has 106 valence electrons. The summed E-state index contributed by atoms with van der Waals surface area (Å²) in [5.41, 5.74) is 5.81. The smallest absolute Gasteiger partial charge is 0.325 e.